The van der Waals surface area contributed by atoms with Gasteiger partial charge < -0.3 is 10.1 Å². The van der Waals surface area contributed by atoms with Crippen molar-refractivity contribution in [2.45, 2.75) is 32.8 Å². The zero-order chi connectivity index (χ0) is 20.0. The first kappa shape index (κ1) is 20.0. The largest absolute Gasteiger partial charge is 0.443 e. The monoisotopic (exact) mass is 370 g/mol. The summed E-state index contributed by atoms with van der Waals surface area (Å²) in [6.07, 6.45) is 1.92. The number of rotatable bonds is 5. The molecule has 0 spiro atoms. The second-order valence-corrected chi connectivity index (χ2v) is 6.88. The van der Waals surface area contributed by atoms with Gasteiger partial charge >= 0.3 is 12.1 Å². The van der Waals surface area contributed by atoms with Crippen molar-refractivity contribution in [3.8, 4) is 6.07 Å². The third-order valence-electron chi connectivity index (χ3n) is 3.72. The third-order valence-corrected chi connectivity index (χ3v) is 3.72. The molecule has 0 radical (unpaired) electrons. The molecule has 1 N–H and O–H groups in total. The number of urea groups is 1. The van der Waals surface area contributed by atoms with Crippen LogP contribution in [0.3, 0.4) is 0 Å². The van der Waals surface area contributed by atoms with Gasteiger partial charge in [0, 0.05) is 18.1 Å². The molecule has 0 fully saturated rings. The topological polar surface area (TPSA) is 104 Å². The zero-order valence-corrected chi connectivity index (χ0v) is 15.6. The molecule has 0 saturated heterocycles. The second kappa shape index (κ2) is 8.36. The lowest BCUT2D eigenvalue weighted by atomic mass is 10.1. The fraction of sp³-hybridized carbons (Fsp3) is 0.368. The van der Waals surface area contributed by atoms with Crippen LogP contribution in [0, 0.1) is 11.3 Å². The summed E-state index contributed by atoms with van der Waals surface area (Å²) in [5.74, 6) is 0. The molecule has 0 aliphatic carbocycles. The number of carbonyl (C=O) groups is 3. The van der Waals surface area contributed by atoms with E-state index in [-0.39, 0.29) is 13.1 Å². The Bertz CT molecular complexity index is 889. The first-order chi connectivity index (χ1) is 12.8. The van der Waals surface area contributed by atoms with Gasteiger partial charge in [-0.1, -0.05) is 18.2 Å². The van der Waals surface area contributed by atoms with Crippen LogP contribution in [-0.2, 0) is 16.0 Å². The standard InChI is InChI=1S/C19H22N4O4/c1-19(2,3)27-18(26)23(17(25)21-10-9-20)11-8-14-12-22(13-24)16-7-5-4-6-15(14)16/h4-7,12-13H,8,10-11H2,1-3H3,(H,21,25). The number of para-hydroxylation sites is 1. The number of hydrogen-bond acceptors (Lipinski definition) is 5. The van der Waals surface area contributed by atoms with Crippen molar-refractivity contribution in [2.24, 2.45) is 0 Å². The highest BCUT2D eigenvalue weighted by atomic mass is 16.6. The number of nitrogens with one attached hydrogen (secondary N) is 1. The van der Waals surface area contributed by atoms with Crippen molar-refractivity contribution in [3.63, 3.8) is 0 Å². The van der Waals surface area contributed by atoms with Crippen molar-refractivity contribution in [1.82, 2.24) is 14.8 Å². The molecule has 27 heavy (non-hydrogen) atoms. The van der Waals surface area contributed by atoms with Crippen molar-refractivity contribution < 1.29 is 19.1 Å². The fourth-order valence-electron chi connectivity index (χ4n) is 2.60. The highest BCUT2D eigenvalue weighted by Gasteiger charge is 2.27. The van der Waals surface area contributed by atoms with E-state index in [4.69, 9.17) is 10.00 Å². The Kier molecular flexibility index (Phi) is 6.19. The molecule has 142 valence electrons. The summed E-state index contributed by atoms with van der Waals surface area (Å²) in [5.41, 5.74) is 0.804. The van der Waals surface area contributed by atoms with Gasteiger partial charge in [-0.2, -0.15) is 5.26 Å². The highest BCUT2D eigenvalue weighted by molar-refractivity contribution is 5.91. The van der Waals surface area contributed by atoms with E-state index in [2.05, 4.69) is 5.32 Å². The SMILES string of the molecule is CC(C)(C)OC(=O)N(CCc1cn(C=O)c2ccccc12)C(=O)NCC#N. The number of nitriles is 1. The minimum absolute atomic E-state index is 0.0407. The number of amides is 3. The van der Waals surface area contributed by atoms with Crippen molar-refractivity contribution in [2.75, 3.05) is 13.1 Å². The van der Waals surface area contributed by atoms with Crippen LogP contribution in [0.5, 0.6) is 0 Å². The molecule has 1 aromatic carbocycles. The molecule has 8 nitrogen and oxygen atoms in total. The predicted molar refractivity (Wildman–Crippen MR) is 99.7 cm³/mol. The molecule has 8 heteroatoms. The minimum atomic E-state index is -0.794. The number of hydrogen-bond donors (Lipinski definition) is 1. The van der Waals surface area contributed by atoms with E-state index >= 15 is 0 Å². The van der Waals surface area contributed by atoms with E-state index in [9.17, 15) is 14.4 Å². The Morgan fingerprint density at radius 3 is 2.67 bits per heavy atom. The van der Waals surface area contributed by atoms with Crippen LogP contribution < -0.4 is 5.32 Å². The van der Waals surface area contributed by atoms with Gasteiger partial charge in [0.15, 0.2) is 0 Å². The van der Waals surface area contributed by atoms with Crippen LogP contribution in [-0.4, -0.2) is 46.7 Å². The number of imide groups is 1. The van der Waals surface area contributed by atoms with Crippen LogP contribution >= 0.6 is 0 Å². The van der Waals surface area contributed by atoms with Gasteiger partial charge in [0.25, 0.3) is 0 Å². The molecular formula is C19H22N4O4. The number of carbonyl (C=O) groups excluding carboxylic acids is 3. The maximum absolute atomic E-state index is 12.4. The third kappa shape index (κ3) is 5.07. The van der Waals surface area contributed by atoms with E-state index in [0.717, 1.165) is 21.4 Å². The Hall–Kier alpha value is -3.34. The summed E-state index contributed by atoms with van der Waals surface area (Å²) in [5, 5.41) is 11.9. The smallest absolute Gasteiger partial charge is 0.418 e. The van der Waals surface area contributed by atoms with Gasteiger partial charge in [-0.05, 0) is 38.8 Å². The summed E-state index contributed by atoms with van der Waals surface area (Å²) < 4.78 is 6.74. The van der Waals surface area contributed by atoms with E-state index in [1.54, 1.807) is 33.0 Å². The lowest BCUT2D eigenvalue weighted by Gasteiger charge is -2.26. The molecule has 0 atom stereocenters. The number of fused-ring (bicyclic) bond motifs is 1. The predicted octanol–water partition coefficient (Wildman–Crippen LogP) is 2.69. The second-order valence-electron chi connectivity index (χ2n) is 6.88. The molecule has 3 amide bonds. The van der Waals surface area contributed by atoms with E-state index in [1.165, 1.54) is 4.57 Å². The Morgan fingerprint density at radius 2 is 2.04 bits per heavy atom. The average molecular weight is 370 g/mol. The van der Waals surface area contributed by atoms with E-state index < -0.39 is 17.7 Å². The van der Waals surface area contributed by atoms with Crippen molar-refractivity contribution in [1.29, 1.82) is 5.26 Å². The molecule has 2 rings (SSSR count). The highest BCUT2D eigenvalue weighted by Crippen LogP contribution is 2.21. The zero-order valence-electron chi connectivity index (χ0n) is 15.6. The van der Waals surface area contributed by atoms with Gasteiger partial charge in [-0.15, -0.1) is 0 Å². The molecule has 0 aliphatic heterocycles. The number of nitrogens with zero attached hydrogens (tertiary/aromatic N) is 3. The lowest BCUT2D eigenvalue weighted by molar-refractivity contribution is 0.0323. The first-order valence-corrected chi connectivity index (χ1v) is 8.46. The molecule has 1 aromatic heterocycles. The fourth-order valence-corrected chi connectivity index (χ4v) is 2.60. The maximum Gasteiger partial charge on any atom is 0.418 e. The van der Waals surface area contributed by atoms with Crippen LogP contribution in [0.4, 0.5) is 9.59 Å². The molecule has 1 heterocycles. The number of benzene rings is 1. The van der Waals surface area contributed by atoms with Crippen LogP contribution in [0.15, 0.2) is 30.5 Å². The number of ether oxygens (including phenoxy) is 1. The van der Waals surface area contributed by atoms with Crippen molar-refractivity contribution in [3.05, 3.63) is 36.0 Å². The molecule has 0 saturated carbocycles. The van der Waals surface area contributed by atoms with Crippen molar-refractivity contribution >= 4 is 29.4 Å². The summed E-state index contributed by atoms with van der Waals surface area (Å²) in [7, 11) is 0. The average Bonchev–Trinajstić information content (AvgIpc) is 2.96. The summed E-state index contributed by atoms with van der Waals surface area (Å²) in [6, 6.07) is 8.47. The molecule has 0 aliphatic rings. The molecule has 2 aromatic rings. The normalized spacial score (nSPS) is 10.9. The van der Waals surface area contributed by atoms with Crippen LogP contribution in [0.2, 0.25) is 0 Å². The van der Waals surface area contributed by atoms with E-state index in [0.29, 0.717) is 12.8 Å². The quantitative estimate of drug-likeness (QED) is 0.644. The van der Waals surface area contributed by atoms with Gasteiger partial charge in [0.1, 0.15) is 12.1 Å². The van der Waals surface area contributed by atoms with E-state index in [1.807, 2.05) is 24.3 Å². The maximum atomic E-state index is 12.4. The number of aromatic nitrogens is 1. The molecule has 0 unspecified atom stereocenters. The Balaban J connectivity index is 2.23. The first-order valence-electron chi connectivity index (χ1n) is 8.46. The van der Waals surface area contributed by atoms with Gasteiger partial charge in [0.05, 0.1) is 11.6 Å². The van der Waals surface area contributed by atoms with Gasteiger partial charge in [-0.25, -0.2) is 14.5 Å². The molecular weight excluding hydrogens is 348 g/mol. The van der Waals surface area contributed by atoms with Crippen LogP contribution in [0.1, 0.15) is 26.3 Å². The van der Waals surface area contributed by atoms with Gasteiger partial charge in [0.2, 0.25) is 6.41 Å². The molecule has 0 bridgehead atoms. The summed E-state index contributed by atoms with van der Waals surface area (Å²) >= 11 is 0. The van der Waals surface area contributed by atoms with Gasteiger partial charge in [-0.3, -0.25) is 9.36 Å². The minimum Gasteiger partial charge on any atom is -0.443 e. The summed E-state index contributed by atoms with van der Waals surface area (Å²) in [6.45, 7) is 4.93. The summed E-state index contributed by atoms with van der Waals surface area (Å²) in [4.78, 5) is 36.9. The Labute approximate surface area is 157 Å². The lowest BCUT2D eigenvalue weighted by Crippen LogP contribution is -2.47. The Morgan fingerprint density at radius 1 is 1.33 bits per heavy atom. The van der Waals surface area contributed by atoms with Crippen LogP contribution in [0.25, 0.3) is 10.9 Å².